The third-order valence-electron chi connectivity index (χ3n) is 2.95. The van der Waals surface area contributed by atoms with E-state index >= 15 is 0 Å². The first-order chi connectivity index (χ1) is 9.97. The van der Waals surface area contributed by atoms with Crippen LogP contribution in [0.5, 0.6) is 0 Å². The highest BCUT2D eigenvalue weighted by atomic mass is 16.4. The molecule has 1 aromatic heterocycles. The summed E-state index contributed by atoms with van der Waals surface area (Å²) in [6.07, 6.45) is -0.150. The molecule has 2 aromatic rings. The molecule has 0 aliphatic rings. The minimum atomic E-state index is -0.950. The number of nitrogens with one attached hydrogen (secondary N) is 1. The highest BCUT2D eigenvalue weighted by molar-refractivity contribution is 6.05. The Bertz CT molecular complexity index is 698. The largest absolute Gasteiger partial charge is 0.481 e. The molecule has 21 heavy (non-hydrogen) atoms. The third-order valence-corrected chi connectivity index (χ3v) is 2.95. The van der Waals surface area contributed by atoms with Gasteiger partial charge >= 0.3 is 5.97 Å². The molecule has 0 fully saturated rings. The van der Waals surface area contributed by atoms with Crippen molar-refractivity contribution in [2.45, 2.75) is 20.3 Å². The molecular weight excluding hydrogens is 270 g/mol. The number of carboxylic acid groups (broad SMARTS) is 1. The van der Waals surface area contributed by atoms with Crippen molar-refractivity contribution in [1.29, 1.82) is 0 Å². The van der Waals surface area contributed by atoms with E-state index in [-0.39, 0.29) is 12.3 Å². The standard InChI is InChI=1S/C15H15N3O3/c1-9-7-12(10(2)18-17-9)15(21)16-13-6-4-3-5-11(13)8-14(19)20/h3-7H,8H2,1-2H3,(H,16,21)(H,19,20). The molecule has 0 spiro atoms. The predicted octanol–water partition coefficient (Wildman–Crippen LogP) is 1.97. The number of rotatable bonds is 4. The molecule has 0 aliphatic heterocycles. The summed E-state index contributed by atoms with van der Waals surface area (Å²) < 4.78 is 0. The number of nitrogens with zero attached hydrogens (tertiary/aromatic N) is 2. The van der Waals surface area contributed by atoms with Crippen LogP contribution in [0.2, 0.25) is 0 Å². The Kier molecular flexibility index (Phi) is 4.27. The molecule has 0 saturated carbocycles. The van der Waals surface area contributed by atoms with Crippen molar-refractivity contribution >= 4 is 17.6 Å². The minimum absolute atomic E-state index is 0.150. The zero-order chi connectivity index (χ0) is 15.4. The Morgan fingerprint density at radius 3 is 2.62 bits per heavy atom. The number of benzene rings is 1. The summed E-state index contributed by atoms with van der Waals surface area (Å²) in [5, 5.41) is 19.4. The van der Waals surface area contributed by atoms with E-state index in [0.29, 0.717) is 28.2 Å². The van der Waals surface area contributed by atoms with Gasteiger partial charge in [0.1, 0.15) is 0 Å². The van der Waals surface area contributed by atoms with Crippen molar-refractivity contribution in [2.24, 2.45) is 0 Å². The average Bonchev–Trinajstić information content (AvgIpc) is 2.43. The van der Waals surface area contributed by atoms with E-state index < -0.39 is 5.97 Å². The molecule has 0 saturated heterocycles. The van der Waals surface area contributed by atoms with E-state index in [2.05, 4.69) is 15.5 Å². The van der Waals surface area contributed by atoms with Gasteiger partial charge in [-0.05, 0) is 31.5 Å². The normalized spacial score (nSPS) is 10.2. The summed E-state index contributed by atoms with van der Waals surface area (Å²) in [6.45, 7) is 3.45. The number of carboxylic acids is 1. The summed E-state index contributed by atoms with van der Waals surface area (Å²) in [5.74, 6) is -1.28. The Morgan fingerprint density at radius 1 is 1.19 bits per heavy atom. The van der Waals surface area contributed by atoms with Crippen molar-refractivity contribution in [3.05, 3.63) is 52.8 Å². The number of hydrogen-bond donors (Lipinski definition) is 2. The first-order valence-electron chi connectivity index (χ1n) is 6.39. The van der Waals surface area contributed by atoms with Gasteiger partial charge in [-0.1, -0.05) is 18.2 Å². The summed E-state index contributed by atoms with van der Waals surface area (Å²) in [7, 11) is 0. The van der Waals surface area contributed by atoms with E-state index in [1.54, 1.807) is 44.2 Å². The zero-order valence-electron chi connectivity index (χ0n) is 11.8. The number of amides is 1. The monoisotopic (exact) mass is 285 g/mol. The molecule has 2 rings (SSSR count). The van der Waals surface area contributed by atoms with Crippen LogP contribution in [0, 0.1) is 13.8 Å². The van der Waals surface area contributed by atoms with Gasteiger partial charge in [0.05, 0.1) is 23.4 Å². The fourth-order valence-electron chi connectivity index (χ4n) is 1.93. The van der Waals surface area contributed by atoms with E-state index in [9.17, 15) is 9.59 Å². The number of aromatic nitrogens is 2. The van der Waals surface area contributed by atoms with Gasteiger partial charge in [0.2, 0.25) is 0 Å². The molecule has 1 aromatic carbocycles. The third kappa shape index (κ3) is 3.62. The van der Waals surface area contributed by atoms with E-state index in [0.717, 1.165) is 0 Å². The molecular formula is C15H15N3O3. The van der Waals surface area contributed by atoms with Crippen molar-refractivity contribution in [3.63, 3.8) is 0 Å². The highest BCUT2D eigenvalue weighted by Crippen LogP contribution is 2.17. The van der Waals surface area contributed by atoms with Crippen molar-refractivity contribution < 1.29 is 14.7 Å². The van der Waals surface area contributed by atoms with E-state index in [1.807, 2.05) is 0 Å². The smallest absolute Gasteiger partial charge is 0.307 e. The second-order valence-electron chi connectivity index (χ2n) is 4.67. The maximum absolute atomic E-state index is 12.3. The number of carbonyl (C=O) groups excluding carboxylic acids is 1. The number of aliphatic carboxylic acids is 1. The summed E-state index contributed by atoms with van der Waals surface area (Å²) in [4.78, 5) is 23.1. The van der Waals surface area contributed by atoms with E-state index in [1.165, 1.54) is 0 Å². The van der Waals surface area contributed by atoms with Crippen LogP contribution in [0.25, 0.3) is 0 Å². The summed E-state index contributed by atoms with van der Waals surface area (Å²) in [6, 6.07) is 8.47. The Morgan fingerprint density at radius 2 is 1.90 bits per heavy atom. The second-order valence-corrected chi connectivity index (χ2v) is 4.67. The van der Waals surface area contributed by atoms with Crippen LogP contribution < -0.4 is 5.32 Å². The van der Waals surface area contributed by atoms with Gasteiger partial charge in [-0.2, -0.15) is 10.2 Å². The molecule has 0 bridgehead atoms. The predicted molar refractivity (Wildman–Crippen MR) is 77.2 cm³/mol. The van der Waals surface area contributed by atoms with Gasteiger partial charge in [-0.3, -0.25) is 9.59 Å². The zero-order valence-corrected chi connectivity index (χ0v) is 11.8. The maximum Gasteiger partial charge on any atom is 0.307 e. The van der Waals surface area contributed by atoms with Crippen LogP contribution in [-0.4, -0.2) is 27.2 Å². The lowest BCUT2D eigenvalue weighted by atomic mass is 10.1. The molecule has 0 radical (unpaired) electrons. The lowest BCUT2D eigenvalue weighted by molar-refractivity contribution is -0.136. The number of para-hydroxylation sites is 1. The lowest BCUT2D eigenvalue weighted by Crippen LogP contribution is -2.16. The van der Waals surface area contributed by atoms with Crippen molar-refractivity contribution in [3.8, 4) is 0 Å². The van der Waals surface area contributed by atoms with Crippen LogP contribution in [-0.2, 0) is 11.2 Å². The second kappa shape index (κ2) is 6.13. The molecule has 6 heteroatoms. The first kappa shape index (κ1) is 14.6. The van der Waals surface area contributed by atoms with Crippen LogP contribution in [0.1, 0.15) is 27.3 Å². The summed E-state index contributed by atoms with van der Waals surface area (Å²) in [5.41, 5.74) is 2.62. The van der Waals surface area contributed by atoms with Gasteiger partial charge in [0.15, 0.2) is 0 Å². The fraction of sp³-hybridized carbons (Fsp3) is 0.200. The number of hydrogen-bond acceptors (Lipinski definition) is 4. The quantitative estimate of drug-likeness (QED) is 0.896. The van der Waals surface area contributed by atoms with Gasteiger partial charge < -0.3 is 10.4 Å². The number of anilines is 1. The maximum atomic E-state index is 12.3. The minimum Gasteiger partial charge on any atom is -0.481 e. The molecule has 108 valence electrons. The lowest BCUT2D eigenvalue weighted by Gasteiger charge is -2.10. The Balaban J connectivity index is 2.27. The molecule has 2 N–H and O–H groups in total. The van der Waals surface area contributed by atoms with Gasteiger partial charge in [0.25, 0.3) is 5.91 Å². The molecule has 1 amide bonds. The molecule has 0 atom stereocenters. The van der Waals surface area contributed by atoms with Crippen LogP contribution in [0.3, 0.4) is 0 Å². The highest BCUT2D eigenvalue weighted by Gasteiger charge is 2.14. The first-order valence-corrected chi connectivity index (χ1v) is 6.39. The Labute approximate surface area is 121 Å². The number of aryl methyl sites for hydroxylation is 2. The molecule has 0 aliphatic carbocycles. The van der Waals surface area contributed by atoms with Crippen LogP contribution in [0.4, 0.5) is 5.69 Å². The summed E-state index contributed by atoms with van der Waals surface area (Å²) >= 11 is 0. The van der Waals surface area contributed by atoms with Crippen LogP contribution in [0.15, 0.2) is 30.3 Å². The van der Waals surface area contributed by atoms with Gasteiger partial charge in [-0.15, -0.1) is 0 Å². The van der Waals surface area contributed by atoms with E-state index in [4.69, 9.17) is 5.11 Å². The molecule has 1 heterocycles. The topological polar surface area (TPSA) is 92.2 Å². The molecule has 0 unspecified atom stereocenters. The average molecular weight is 285 g/mol. The van der Waals surface area contributed by atoms with Gasteiger partial charge in [0, 0.05) is 5.69 Å². The van der Waals surface area contributed by atoms with Crippen molar-refractivity contribution in [1.82, 2.24) is 10.2 Å². The van der Waals surface area contributed by atoms with Crippen LogP contribution >= 0.6 is 0 Å². The SMILES string of the molecule is Cc1cc(C(=O)Nc2ccccc2CC(=O)O)c(C)nn1. The van der Waals surface area contributed by atoms with Gasteiger partial charge in [-0.25, -0.2) is 0 Å². The number of carbonyl (C=O) groups is 2. The Hall–Kier alpha value is -2.76. The molecule has 6 nitrogen and oxygen atoms in total. The fourth-order valence-corrected chi connectivity index (χ4v) is 1.93. The van der Waals surface area contributed by atoms with Crippen molar-refractivity contribution in [2.75, 3.05) is 5.32 Å².